The van der Waals surface area contributed by atoms with E-state index in [4.69, 9.17) is 5.11 Å². The molecule has 1 rings (SSSR count). The third kappa shape index (κ3) is 3.21. The number of carboxylic acids is 1. The summed E-state index contributed by atoms with van der Waals surface area (Å²) in [6.45, 7) is 4.27. The number of carbonyl (C=O) groups is 1. The highest BCUT2D eigenvalue weighted by Gasteiger charge is 2.07. The lowest BCUT2D eigenvalue weighted by Crippen LogP contribution is -2.05. The summed E-state index contributed by atoms with van der Waals surface area (Å²) in [5.41, 5.74) is 2.10. The molecule has 2 nitrogen and oxygen atoms in total. The van der Waals surface area contributed by atoms with Crippen molar-refractivity contribution >= 4 is 5.97 Å². The normalized spacial score (nSPS) is 10.5. The molecule has 1 aromatic rings. The van der Waals surface area contributed by atoms with Crippen LogP contribution in [-0.2, 0) is 17.6 Å². The van der Waals surface area contributed by atoms with Crippen molar-refractivity contribution in [3.8, 4) is 0 Å². The molecule has 76 valence electrons. The van der Waals surface area contributed by atoms with Crippen molar-refractivity contribution in [1.82, 2.24) is 0 Å². The Morgan fingerprint density at radius 3 is 2.36 bits per heavy atom. The average Bonchev–Trinajstić information content (AvgIpc) is 2.06. The van der Waals surface area contributed by atoms with Crippen molar-refractivity contribution in [3.05, 3.63) is 35.4 Å². The van der Waals surface area contributed by atoms with E-state index in [1.165, 1.54) is 0 Å². The molecule has 1 aromatic carbocycles. The summed E-state index contributed by atoms with van der Waals surface area (Å²) < 4.78 is 0. The Bertz CT molecular complexity index is 316. The van der Waals surface area contributed by atoms with Crippen molar-refractivity contribution in [3.63, 3.8) is 0 Å². The predicted molar refractivity (Wildman–Crippen MR) is 56.3 cm³/mol. The number of aliphatic carboxylic acids is 1. The molecule has 0 aromatic heterocycles. The molecule has 0 saturated heterocycles. The molecule has 0 heterocycles. The van der Waals surface area contributed by atoms with Crippen LogP contribution in [0.1, 0.15) is 25.0 Å². The van der Waals surface area contributed by atoms with Gasteiger partial charge in [-0.3, -0.25) is 4.79 Å². The molecule has 0 atom stereocenters. The standard InChI is InChI=1S/C12H16O2/c1-9(2)7-10-5-3-4-6-11(10)8-12(13)14/h3-6,9H,7-8H2,1-2H3,(H,13,14). The van der Waals surface area contributed by atoms with Gasteiger partial charge >= 0.3 is 5.97 Å². The van der Waals surface area contributed by atoms with Crippen LogP contribution in [0.4, 0.5) is 0 Å². The zero-order chi connectivity index (χ0) is 10.6. The van der Waals surface area contributed by atoms with Crippen LogP contribution in [-0.4, -0.2) is 11.1 Å². The molecule has 0 bridgehead atoms. The summed E-state index contributed by atoms with van der Waals surface area (Å²) in [7, 11) is 0. The van der Waals surface area contributed by atoms with Gasteiger partial charge in [0.15, 0.2) is 0 Å². The fourth-order valence-electron chi connectivity index (χ4n) is 1.53. The van der Waals surface area contributed by atoms with Gasteiger partial charge in [0, 0.05) is 0 Å². The quantitative estimate of drug-likeness (QED) is 0.795. The van der Waals surface area contributed by atoms with Crippen LogP contribution in [0.15, 0.2) is 24.3 Å². The second-order valence-electron chi connectivity index (χ2n) is 3.94. The maximum absolute atomic E-state index is 10.6. The lowest BCUT2D eigenvalue weighted by Gasteiger charge is -2.09. The van der Waals surface area contributed by atoms with Crippen molar-refractivity contribution in [2.75, 3.05) is 0 Å². The first-order chi connectivity index (χ1) is 6.59. The Hall–Kier alpha value is -1.31. The van der Waals surface area contributed by atoms with Gasteiger partial charge in [0.05, 0.1) is 6.42 Å². The van der Waals surface area contributed by atoms with Crippen molar-refractivity contribution in [2.45, 2.75) is 26.7 Å². The highest BCUT2D eigenvalue weighted by molar-refractivity contribution is 5.70. The molecule has 0 aliphatic rings. The van der Waals surface area contributed by atoms with E-state index in [0.29, 0.717) is 5.92 Å². The maximum Gasteiger partial charge on any atom is 0.307 e. The lowest BCUT2D eigenvalue weighted by molar-refractivity contribution is -0.136. The largest absolute Gasteiger partial charge is 0.481 e. The first kappa shape index (κ1) is 10.8. The number of rotatable bonds is 4. The number of benzene rings is 1. The van der Waals surface area contributed by atoms with Gasteiger partial charge in [-0.1, -0.05) is 38.1 Å². The molecule has 14 heavy (non-hydrogen) atoms. The molecule has 0 unspecified atom stereocenters. The highest BCUT2D eigenvalue weighted by atomic mass is 16.4. The van der Waals surface area contributed by atoms with Gasteiger partial charge < -0.3 is 5.11 Å². The second kappa shape index (κ2) is 4.80. The van der Waals surface area contributed by atoms with E-state index < -0.39 is 5.97 Å². The van der Waals surface area contributed by atoms with E-state index in [2.05, 4.69) is 13.8 Å². The topological polar surface area (TPSA) is 37.3 Å². The van der Waals surface area contributed by atoms with E-state index in [0.717, 1.165) is 17.5 Å². The van der Waals surface area contributed by atoms with Gasteiger partial charge in [-0.05, 0) is 23.5 Å². The van der Waals surface area contributed by atoms with Crippen LogP contribution in [0.2, 0.25) is 0 Å². The summed E-state index contributed by atoms with van der Waals surface area (Å²) in [5.74, 6) is -0.203. The van der Waals surface area contributed by atoms with Crippen molar-refractivity contribution in [2.24, 2.45) is 5.92 Å². The molecule has 0 radical (unpaired) electrons. The van der Waals surface area contributed by atoms with Crippen LogP contribution in [0.25, 0.3) is 0 Å². The molecule has 0 aliphatic carbocycles. The van der Waals surface area contributed by atoms with E-state index >= 15 is 0 Å². The lowest BCUT2D eigenvalue weighted by atomic mass is 9.96. The van der Waals surface area contributed by atoms with Crippen LogP contribution in [0.5, 0.6) is 0 Å². The third-order valence-electron chi connectivity index (χ3n) is 2.09. The van der Waals surface area contributed by atoms with Crippen LogP contribution < -0.4 is 0 Å². The minimum absolute atomic E-state index is 0.128. The van der Waals surface area contributed by atoms with E-state index in [9.17, 15) is 4.79 Å². The van der Waals surface area contributed by atoms with Crippen molar-refractivity contribution < 1.29 is 9.90 Å². The molecule has 0 spiro atoms. The van der Waals surface area contributed by atoms with E-state index in [1.807, 2.05) is 24.3 Å². The summed E-state index contributed by atoms with van der Waals surface area (Å²) in [6.07, 6.45) is 1.08. The number of hydrogen-bond donors (Lipinski definition) is 1. The Labute approximate surface area is 84.6 Å². The van der Waals surface area contributed by atoms with Crippen LogP contribution >= 0.6 is 0 Å². The zero-order valence-electron chi connectivity index (χ0n) is 8.66. The van der Waals surface area contributed by atoms with Crippen LogP contribution in [0.3, 0.4) is 0 Å². The van der Waals surface area contributed by atoms with Gasteiger partial charge in [0.1, 0.15) is 0 Å². The second-order valence-corrected chi connectivity index (χ2v) is 3.94. The molecule has 0 fully saturated rings. The molecular weight excluding hydrogens is 176 g/mol. The van der Waals surface area contributed by atoms with E-state index in [-0.39, 0.29) is 6.42 Å². The van der Waals surface area contributed by atoms with Gasteiger partial charge in [-0.2, -0.15) is 0 Å². The molecular formula is C12H16O2. The van der Waals surface area contributed by atoms with Gasteiger partial charge in [0.2, 0.25) is 0 Å². The van der Waals surface area contributed by atoms with Gasteiger partial charge in [-0.25, -0.2) is 0 Å². The Morgan fingerprint density at radius 2 is 1.86 bits per heavy atom. The minimum atomic E-state index is -0.763. The van der Waals surface area contributed by atoms with Gasteiger partial charge in [-0.15, -0.1) is 0 Å². The minimum Gasteiger partial charge on any atom is -0.481 e. The smallest absolute Gasteiger partial charge is 0.307 e. The molecule has 2 heteroatoms. The SMILES string of the molecule is CC(C)Cc1ccccc1CC(=O)O. The maximum atomic E-state index is 10.6. The number of hydrogen-bond acceptors (Lipinski definition) is 1. The average molecular weight is 192 g/mol. The first-order valence-corrected chi connectivity index (χ1v) is 4.88. The molecule has 0 saturated carbocycles. The van der Waals surface area contributed by atoms with E-state index in [1.54, 1.807) is 0 Å². The predicted octanol–water partition coefficient (Wildman–Crippen LogP) is 2.51. The summed E-state index contributed by atoms with van der Waals surface area (Å²) >= 11 is 0. The third-order valence-corrected chi connectivity index (χ3v) is 2.09. The zero-order valence-corrected chi connectivity index (χ0v) is 8.66. The monoisotopic (exact) mass is 192 g/mol. The summed E-state index contributed by atoms with van der Waals surface area (Å²) in [5, 5.41) is 8.73. The molecule has 0 aliphatic heterocycles. The fourth-order valence-corrected chi connectivity index (χ4v) is 1.53. The molecule has 1 N–H and O–H groups in total. The van der Waals surface area contributed by atoms with Gasteiger partial charge in [0.25, 0.3) is 0 Å². The summed E-state index contributed by atoms with van der Waals surface area (Å²) in [6, 6.07) is 7.76. The summed E-state index contributed by atoms with van der Waals surface area (Å²) in [4.78, 5) is 10.6. The Balaban J connectivity index is 2.85. The van der Waals surface area contributed by atoms with Crippen LogP contribution in [0, 0.1) is 5.92 Å². The number of carboxylic acid groups (broad SMARTS) is 1. The Kier molecular flexibility index (Phi) is 3.69. The van der Waals surface area contributed by atoms with Crippen molar-refractivity contribution in [1.29, 1.82) is 0 Å². The Morgan fingerprint density at radius 1 is 1.29 bits per heavy atom. The molecule has 0 amide bonds. The first-order valence-electron chi connectivity index (χ1n) is 4.88. The highest BCUT2D eigenvalue weighted by Crippen LogP contribution is 2.14. The fraction of sp³-hybridized carbons (Fsp3) is 0.417.